The molecular weight excluding hydrogens is 308 g/mol. The lowest BCUT2D eigenvalue weighted by atomic mass is 9.94. The Hall–Kier alpha value is -2.13. The fourth-order valence-electron chi connectivity index (χ4n) is 3.61. The lowest BCUT2D eigenvalue weighted by molar-refractivity contribution is -0.136. The van der Waals surface area contributed by atoms with Crippen molar-refractivity contribution >= 4 is 5.91 Å². The summed E-state index contributed by atoms with van der Waals surface area (Å²) in [6.45, 7) is 5.87. The van der Waals surface area contributed by atoms with Crippen LogP contribution in [0.25, 0.3) is 0 Å². The van der Waals surface area contributed by atoms with Crippen molar-refractivity contribution in [3.8, 4) is 0 Å². The van der Waals surface area contributed by atoms with E-state index in [-0.39, 0.29) is 5.92 Å². The lowest BCUT2D eigenvalue weighted by Gasteiger charge is -2.33. The highest BCUT2D eigenvalue weighted by Crippen LogP contribution is 2.22. The third kappa shape index (κ3) is 4.70. The molecule has 0 bridgehead atoms. The van der Waals surface area contributed by atoms with E-state index < -0.39 is 0 Å². The Balaban J connectivity index is 1.50. The van der Waals surface area contributed by atoms with Crippen LogP contribution in [0.1, 0.15) is 29.5 Å². The number of likely N-dealkylation sites (tertiary alicyclic amines) is 1. The summed E-state index contributed by atoms with van der Waals surface area (Å²) < 4.78 is 0. The molecule has 0 atom stereocenters. The van der Waals surface area contributed by atoms with Crippen LogP contribution in [0.2, 0.25) is 0 Å². The molecule has 3 heteroatoms. The van der Waals surface area contributed by atoms with Gasteiger partial charge in [0.1, 0.15) is 0 Å². The smallest absolute Gasteiger partial charge is 0.225 e. The fourth-order valence-corrected chi connectivity index (χ4v) is 3.61. The number of benzene rings is 2. The van der Waals surface area contributed by atoms with Gasteiger partial charge in [-0.1, -0.05) is 54.6 Å². The summed E-state index contributed by atoms with van der Waals surface area (Å²) >= 11 is 0. The quantitative estimate of drug-likeness (QED) is 0.827. The van der Waals surface area contributed by atoms with Gasteiger partial charge in [-0.25, -0.2) is 0 Å². The van der Waals surface area contributed by atoms with Gasteiger partial charge in [0.05, 0.1) is 0 Å². The SMILES string of the molecule is Cc1ccccc1CN1CCC(C(=O)N(C)Cc2ccccc2)CC1. The van der Waals surface area contributed by atoms with Crippen LogP contribution in [0.15, 0.2) is 54.6 Å². The Labute approximate surface area is 151 Å². The van der Waals surface area contributed by atoms with Gasteiger partial charge in [0.25, 0.3) is 0 Å². The zero-order chi connectivity index (χ0) is 17.6. The summed E-state index contributed by atoms with van der Waals surface area (Å²) in [7, 11) is 1.93. The zero-order valence-corrected chi connectivity index (χ0v) is 15.3. The Bertz CT molecular complexity index is 690. The minimum Gasteiger partial charge on any atom is -0.341 e. The average Bonchev–Trinajstić information content (AvgIpc) is 2.64. The molecule has 0 aromatic heterocycles. The van der Waals surface area contributed by atoms with Crippen LogP contribution >= 0.6 is 0 Å². The molecule has 1 fully saturated rings. The van der Waals surface area contributed by atoms with Crippen LogP contribution in [0, 0.1) is 12.8 Å². The molecule has 0 spiro atoms. The number of aryl methyl sites for hydroxylation is 1. The number of carbonyl (C=O) groups excluding carboxylic acids is 1. The molecule has 3 rings (SSSR count). The van der Waals surface area contributed by atoms with Crippen molar-refractivity contribution in [2.45, 2.75) is 32.9 Å². The monoisotopic (exact) mass is 336 g/mol. The molecule has 1 saturated heterocycles. The van der Waals surface area contributed by atoms with E-state index >= 15 is 0 Å². The molecule has 0 unspecified atom stereocenters. The molecule has 1 aliphatic heterocycles. The summed E-state index contributed by atoms with van der Waals surface area (Å²) in [5.41, 5.74) is 3.94. The van der Waals surface area contributed by atoms with E-state index in [9.17, 15) is 4.79 Å². The first-order valence-corrected chi connectivity index (χ1v) is 9.19. The van der Waals surface area contributed by atoms with Crippen molar-refractivity contribution in [1.29, 1.82) is 0 Å². The minimum absolute atomic E-state index is 0.168. The molecule has 2 aromatic rings. The Kier molecular flexibility index (Phi) is 5.87. The van der Waals surface area contributed by atoms with Crippen molar-refractivity contribution in [2.75, 3.05) is 20.1 Å². The molecule has 1 aliphatic rings. The van der Waals surface area contributed by atoms with Crippen LogP contribution in [0.3, 0.4) is 0 Å². The van der Waals surface area contributed by atoms with E-state index in [1.807, 2.05) is 30.1 Å². The molecule has 132 valence electrons. The van der Waals surface area contributed by atoms with Crippen LogP contribution in [-0.4, -0.2) is 35.8 Å². The second kappa shape index (κ2) is 8.30. The van der Waals surface area contributed by atoms with Gasteiger partial charge in [-0.15, -0.1) is 0 Å². The first-order valence-electron chi connectivity index (χ1n) is 9.19. The van der Waals surface area contributed by atoms with Crippen molar-refractivity contribution in [3.63, 3.8) is 0 Å². The summed E-state index contributed by atoms with van der Waals surface area (Å²) in [6.07, 6.45) is 1.92. The van der Waals surface area contributed by atoms with Gasteiger partial charge in [-0.3, -0.25) is 9.69 Å². The Morgan fingerprint density at radius 1 is 1.04 bits per heavy atom. The molecule has 0 radical (unpaired) electrons. The second-order valence-electron chi connectivity index (χ2n) is 7.16. The Morgan fingerprint density at radius 3 is 2.36 bits per heavy atom. The topological polar surface area (TPSA) is 23.6 Å². The first kappa shape index (κ1) is 17.7. The highest BCUT2D eigenvalue weighted by Gasteiger charge is 2.27. The highest BCUT2D eigenvalue weighted by molar-refractivity contribution is 5.78. The van der Waals surface area contributed by atoms with Crippen LogP contribution in [0.5, 0.6) is 0 Å². The van der Waals surface area contributed by atoms with E-state index in [2.05, 4.69) is 48.2 Å². The number of carbonyl (C=O) groups is 1. The third-order valence-electron chi connectivity index (χ3n) is 5.23. The predicted octanol–water partition coefficient (Wildman–Crippen LogP) is 3.87. The second-order valence-corrected chi connectivity index (χ2v) is 7.16. The number of hydrogen-bond donors (Lipinski definition) is 0. The maximum Gasteiger partial charge on any atom is 0.225 e. The molecular formula is C22H28N2O. The molecule has 2 aromatic carbocycles. The predicted molar refractivity (Wildman–Crippen MR) is 102 cm³/mol. The standard InChI is InChI=1S/C22H28N2O/c1-18-8-6-7-11-21(18)17-24-14-12-20(13-15-24)22(25)23(2)16-19-9-4-3-5-10-19/h3-11,20H,12-17H2,1-2H3. The van der Waals surface area contributed by atoms with E-state index in [1.165, 1.54) is 16.7 Å². The molecule has 0 N–H and O–H groups in total. The van der Waals surface area contributed by atoms with Crippen LogP contribution in [-0.2, 0) is 17.9 Å². The van der Waals surface area contributed by atoms with Gasteiger partial charge >= 0.3 is 0 Å². The summed E-state index contributed by atoms with van der Waals surface area (Å²) in [6, 6.07) is 18.8. The van der Waals surface area contributed by atoms with Crippen molar-refractivity contribution in [3.05, 3.63) is 71.3 Å². The van der Waals surface area contributed by atoms with Gasteiger partial charge < -0.3 is 4.90 Å². The van der Waals surface area contributed by atoms with Gasteiger partial charge in [-0.2, -0.15) is 0 Å². The third-order valence-corrected chi connectivity index (χ3v) is 5.23. The van der Waals surface area contributed by atoms with Gasteiger partial charge in [0.15, 0.2) is 0 Å². The van der Waals surface area contributed by atoms with Gasteiger partial charge in [0, 0.05) is 26.1 Å². The Morgan fingerprint density at radius 2 is 1.68 bits per heavy atom. The van der Waals surface area contributed by atoms with Crippen molar-refractivity contribution in [1.82, 2.24) is 9.80 Å². The number of amides is 1. The summed E-state index contributed by atoms with van der Waals surface area (Å²) in [5, 5.41) is 0. The van der Waals surface area contributed by atoms with Crippen LogP contribution in [0.4, 0.5) is 0 Å². The maximum atomic E-state index is 12.7. The highest BCUT2D eigenvalue weighted by atomic mass is 16.2. The zero-order valence-electron chi connectivity index (χ0n) is 15.3. The van der Waals surface area contributed by atoms with E-state index in [1.54, 1.807) is 0 Å². The minimum atomic E-state index is 0.168. The number of nitrogens with zero attached hydrogens (tertiary/aromatic N) is 2. The largest absolute Gasteiger partial charge is 0.341 e. The van der Waals surface area contributed by atoms with E-state index in [0.717, 1.165) is 32.5 Å². The van der Waals surface area contributed by atoms with E-state index in [0.29, 0.717) is 12.5 Å². The first-order chi connectivity index (χ1) is 12.1. The van der Waals surface area contributed by atoms with Gasteiger partial charge in [0.2, 0.25) is 5.91 Å². The molecule has 25 heavy (non-hydrogen) atoms. The molecule has 1 heterocycles. The van der Waals surface area contributed by atoms with E-state index in [4.69, 9.17) is 0 Å². The molecule has 0 saturated carbocycles. The molecule has 1 amide bonds. The molecule has 0 aliphatic carbocycles. The molecule has 3 nitrogen and oxygen atoms in total. The number of hydrogen-bond acceptors (Lipinski definition) is 2. The summed E-state index contributed by atoms with van der Waals surface area (Å²) in [4.78, 5) is 17.1. The number of rotatable bonds is 5. The lowest BCUT2D eigenvalue weighted by Crippen LogP contribution is -2.40. The fraction of sp³-hybridized carbons (Fsp3) is 0.409. The maximum absolute atomic E-state index is 12.7. The van der Waals surface area contributed by atoms with Crippen molar-refractivity contribution < 1.29 is 4.79 Å². The average molecular weight is 336 g/mol. The summed E-state index contributed by atoms with van der Waals surface area (Å²) in [5.74, 6) is 0.459. The van der Waals surface area contributed by atoms with Crippen LogP contribution < -0.4 is 0 Å². The van der Waals surface area contributed by atoms with Gasteiger partial charge in [-0.05, 0) is 49.5 Å². The number of piperidine rings is 1. The van der Waals surface area contributed by atoms with Crippen molar-refractivity contribution in [2.24, 2.45) is 5.92 Å². The normalized spacial score (nSPS) is 15.9.